The lowest BCUT2D eigenvalue weighted by Gasteiger charge is -2.36. The molecule has 2 bridgehead atoms. The first-order valence-corrected chi connectivity index (χ1v) is 7.96. The number of halogens is 3. The normalized spacial score (nSPS) is 29.2. The fourth-order valence-electron chi connectivity index (χ4n) is 4.12. The van der Waals surface area contributed by atoms with Gasteiger partial charge in [-0.15, -0.1) is 0 Å². The summed E-state index contributed by atoms with van der Waals surface area (Å²) in [6.45, 7) is 0.147. The summed E-state index contributed by atoms with van der Waals surface area (Å²) in [6, 6.07) is 9.73. The Hall–Kier alpha value is -1.07. The molecular formula is C17H22F3NO. The fraction of sp³-hybridized carbons (Fsp3) is 0.647. The van der Waals surface area contributed by atoms with Gasteiger partial charge in [-0.25, -0.2) is 0 Å². The van der Waals surface area contributed by atoms with Gasteiger partial charge < -0.3 is 5.11 Å². The van der Waals surface area contributed by atoms with E-state index in [1.165, 1.54) is 6.42 Å². The zero-order valence-electron chi connectivity index (χ0n) is 12.5. The number of hydrogen-bond donors (Lipinski definition) is 1. The first kappa shape index (κ1) is 15.8. The summed E-state index contributed by atoms with van der Waals surface area (Å²) >= 11 is 0. The molecular weight excluding hydrogens is 291 g/mol. The summed E-state index contributed by atoms with van der Waals surface area (Å²) in [5, 5.41) is 9.50. The van der Waals surface area contributed by atoms with Gasteiger partial charge in [0.25, 0.3) is 0 Å². The molecule has 2 fully saturated rings. The average Bonchev–Trinajstić information content (AvgIpc) is 3.09. The monoisotopic (exact) mass is 313 g/mol. The highest BCUT2D eigenvalue weighted by molar-refractivity contribution is 5.15. The van der Waals surface area contributed by atoms with Crippen molar-refractivity contribution < 1.29 is 18.3 Å². The molecule has 4 unspecified atom stereocenters. The lowest BCUT2D eigenvalue weighted by Crippen LogP contribution is -2.46. The Morgan fingerprint density at radius 2 is 1.86 bits per heavy atom. The molecule has 2 nitrogen and oxygen atoms in total. The summed E-state index contributed by atoms with van der Waals surface area (Å²) in [7, 11) is 0. The standard InChI is InChI=1S/C17H22F3NO/c18-17(19,20)16(22)11-21(10-12-4-2-1-3-5-12)15-9-13-6-7-14(15)8-13/h1-5,13-16,22H,6-11H2. The maximum atomic E-state index is 12.7. The second kappa shape index (κ2) is 6.20. The van der Waals surface area contributed by atoms with E-state index in [1.54, 1.807) is 0 Å². The summed E-state index contributed by atoms with van der Waals surface area (Å²) < 4.78 is 38.2. The minimum Gasteiger partial charge on any atom is -0.382 e. The number of hydrogen-bond acceptors (Lipinski definition) is 2. The van der Waals surface area contributed by atoms with Crippen molar-refractivity contribution in [2.45, 2.75) is 50.6 Å². The molecule has 3 rings (SSSR count). The number of benzene rings is 1. The van der Waals surface area contributed by atoms with Crippen molar-refractivity contribution in [3.05, 3.63) is 35.9 Å². The molecule has 2 saturated carbocycles. The minimum atomic E-state index is -4.55. The predicted molar refractivity (Wildman–Crippen MR) is 78.1 cm³/mol. The number of aliphatic hydroxyl groups is 1. The second-order valence-corrected chi connectivity index (χ2v) is 6.71. The lowest BCUT2D eigenvalue weighted by atomic mass is 9.93. The van der Waals surface area contributed by atoms with Crippen LogP contribution in [0.1, 0.15) is 31.2 Å². The van der Waals surface area contributed by atoms with E-state index in [9.17, 15) is 18.3 Å². The third kappa shape index (κ3) is 3.46. The number of alkyl halides is 3. The quantitative estimate of drug-likeness (QED) is 0.898. The smallest absolute Gasteiger partial charge is 0.382 e. The van der Waals surface area contributed by atoms with Crippen molar-refractivity contribution in [3.8, 4) is 0 Å². The van der Waals surface area contributed by atoms with Crippen LogP contribution in [0.2, 0.25) is 0 Å². The van der Waals surface area contributed by atoms with E-state index in [0.29, 0.717) is 18.4 Å². The molecule has 0 heterocycles. The van der Waals surface area contributed by atoms with Crippen LogP contribution in [0.3, 0.4) is 0 Å². The van der Waals surface area contributed by atoms with Crippen LogP contribution in [-0.4, -0.2) is 34.9 Å². The van der Waals surface area contributed by atoms with E-state index >= 15 is 0 Å². The van der Waals surface area contributed by atoms with E-state index in [1.807, 2.05) is 35.2 Å². The molecule has 2 aliphatic rings. The highest BCUT2D eigenvalue weighted by Gasteiger charge is 2.45. The van der Waals surface area contributed by atoms with Crippen LogP contribution in [0, 0.1) is 11.8 Å². The third-order valence-electron chi connectivity index (χ3n) is 5.18. The highest BCUT2D eigenvalue weighted by atomic mass is 19.4. The molecule has 0 aromatic heterocycles. The molecule has 1 aromatic carbocycles. The fourth-order valence-corrected chi connectivity index (χ4v) is 4.12. The third-order valence-corrected chi connectivity index (χ3v) is 5.18. The molecule has 5 heteroatoms. The van der Waals surface area contributed by atoms with Gasteiger partial charge in [0.2, 0.25) is 0 Å². The molecule has 0 radical (unpaired) electrons. The maximum absolute atomic E-state index is 12.7. The minimum absolute atomic E-state index is 0.177. The van der Waals surface area contributed by atoms with Crippen molar-refractivity contribution in [2.24, 2.45) is 11.8 Å². The summed E-state index contributed by atoms with van der Waals surface area (Å²) in [4.78, 5) is 1.86. The van der Waals surface area contributed by atoms with Gasteiger partial charge in [0.05, 0.1) is 0 Å². The molecule has 1 aromatic rings. The second-order valence-electron chi connectivity index (χ2n) is 6.71. The first-order valence-electron chi connectivity index (χ1n) is 7.96. The van der Waals surface area contributed by atoms with Crippen LogP contribution in [0.5, 0.6) is 0 Å². The van der Waals surface area contributed by atoms with Crippen molar-refractivity contribution in [2.75, 3.05) is 6.54 Å². The molecule has 0 saturated heterocycles. The van der Waals surface area contributed by atoms with Crippen LogP contribution in [0.25, 0.3) is 0 Å². The van der Waals surface area contributed by atoms with Gasteiger partial charge in [-0.2, -0.15) is 13.2 Å². The number of fused-ring (bicyclic) bond motifs is 2. The molecule has 22 heavy (non-hydrogen) atoms. The summed E-state index contributed by atoms with van der Waals surface area (Å²) in [5.74, 6) is 1.16. The maximum Gasteiger partial charge on any atom is 0.415 e. The topological polar surface area (TPSA) is 23.5 Å². The molecule has 0 aliphatic heterocycles. The summed E-state index contributed by atoms with van der Waals surface area (Å²) in [6.07, 6.45) is -2.38. The van der Waals surface area contributed by atoms with E-state index in [4.69, 9.17) is 0 Å². The zero-order valence-corrected chi connectivity index (χ0v) is 12.5. The Labute approximate surface area is 128 Å². The van der Waals surface area contributed by atoms with Gasteiger partial charge in [0, 0.05) is 19.1 Å². The van der Waals surface area contributed by atoms with Crippen LogP contribution >= 0.6 is 0 Å². The zero-order chi connectivity index (χ0) is 15.7. The molecule has 122 valence electrons. The van der Waals surface area contributed by atoms with Crippen LogP contribution < -0.4 is 0 Å². The summed E-state index contributed by atoms with van der Waals surface area (Å²) in [5.41, 5.74) is 1.000. The Kier molecular flexibility index (Phi) is 4.46. The van der Waals surface area contributed by atoms with Gasteiger partial charge in [0.1, 0.15) is 0 Å². The average molecular weight is 313 g/mol. The lowest BCUT2D eigenvalue weighted by molar-refractivity contribution is -0.210. The Morgan fingerprint density at radius 3 is 2.41 bits per heavy atom. The van der Waals surface area contributed by atoms with Gasteiger partial charge >= 0.3 is 6.18 Å². The largest absolute Gasteiger partial charge is 0.415 e. The van der Waals surface area contributed by atoms with Crippen molar-refractivity contribution in [1.29, 1.82) is 0 Å². The number of nitrogens with zero attached hydrogens (tertiary/aromatic N) is 1. The molecule has 0 amide bonds. The van der Waals surface area contributed by atoms with E-state index in [2.05, 4.69) is 0 Å². The van der Waals surface area contributed by atoms with Crippen LogP contribution in [0.15, 0.2) is 30.3 Å². The van der Waals surface area contributed by atoms with E-state index in [0.717, 1.165) is 24.8 Å². The molecule has 1 N–H and O–H groups in total. The van der Waals surface area contributed by atoms with Crippen LogP contribution in [0.4, 0.5) is 13.2 Å². The van der Waals surface area contributed by atoms with Crippen LogP contribution in [-0.2, 0) is 6.54 Å². The Balaban J connectivity index is 1.73. The van der Waals surface area contributed by atoms with Crippen molar-refractivity contribution in [3.63, 3.8) is 0 Å². The van der Waals surface area contributed by atoms with Gasteiger partial charge in [-0.05, 0) is 36.7 Å². The van der Waals surface area contributed by atoms with E-state index in [-0.39, 0.29) is 12.6 Å². The van der Waals surface area contributed by atoms with Crippen molar-refractivity contribution >= 4 is 0 Å². The van der Waals surface area contributed by atoms with Gasteiger partial charge in [-0.1, -0.05) is 36.8 Å². The first-order chi connectivity index (χ1) is 10.4. The van der Waals surface area contributed by atoms with Gasteiger partial charge in [0.15, 0.2) is 6.10 Å². The van der Waals surface area contributed by atoms with E-state index < -0.39 is 12.3 Å². The molecule has 4 atom stereocenters. The highest BCUT2D eigenvalue weighted by Crippen LogP contribution is 2.47. The Morgan fingerprint density at radius 1 is 1.14 bits per heavy atom. The molecule has 0 spiro atoms. The number of aliphatic hydroxyl groups excluding tert-OH is 1. The molecule has 2 aliphatic carbocycles. The Bertz CT molecular complexity index is 490. The van der Waals surface area contributed by atoms with Crippen molar-refractivity contribution in [1.82, 2.24) is 4.90 Å². The number of rotatable bonds is 5. The van der Waals surface area contributed by atoms with Gasteiger partial charge in [-0.3, -0.25) is 4.90 Å². The SMILES string of the molecule is OC(CN(Cc1ccccc1)C1CC2CCC1C2)C(F)(F)F. The predicted octanol–water partition coefficient (Wildman–Crippen LogP) is 3.60.